The molecule has 1 aromatic rings. The molecule has 0 saturated heterocycles. The van der Waals surface area contributed by atoms with E-state index in [1.807, 2.05) is 26.3 Å². The maximum Gasteiger partial charge on any atom is 0.0375 e. The molecule has 0 fully saturated rings. The summed E-state index contributed by atoms with van der Waals surface area (Å²) in [6.07, 6.45) is 7.13. The first-order valence-electron chi connectivity index (χ1n) is 4.89. The zero-order chi connectivity index (χ0) is 9.97. The van der Waals surface area contributed by atoms with Gasteiger partial charge in [-0.25, -0.2) is 0 Å². The lowest BCUT2D eigenvalue weighted by Crippen LogP contribution is -2.03. The van der Waals surface area contributed by atoms with Gasteiger partial charge in [-0.3, -0.25) is 9.98 Å². The molecule has 0 saturated carbocycles. The number of allylic oxidation sites excluding steroid dienone is 2. The van der Waals surface area contributed by atoms with Crippen LogP contribution in [0.5, 0.6) is 0 Å². The molecule has 1 unspecified atom stereocenters. The summed E-state index contributed by atoms with van der Waals surface area (Å²) >= 11 is 0. The highest BCUT2D eigenvalue weighted by atomic mass is 14.7. The maximum absolute atomic E-state index is 4.33. The van der Waals surface area contributed by atoms with E-state index in [1.54, 1.807) is 0 Å². The fraction of sp³-hybridized carbons (Fsp3) is 0.333. The van der Waals surface area contributed by atoms with Crippen LogP contribution in [0.15, 0.2) is 35.1 Å². The van der Waals surface area contributed by atoms with Crippen LogP contribution in [0.3, 0.4) is 0 Å². The molecule has 2 heterocycles. The molecule has 0 radical (unpaired) electrons. The summed E-state index contributed by atoms with van der Waals surface area (Å²) in [5, 5.41) is 0. The number of hydrogen-bond donors (Lipinski definition) is 0. The molecule has 2 rings (SSSR count). The minimum atomic E-state index is 0.431. The van der Waals surface area contributed by atoms with Gasteiger partial charge >= 0.3 is 0 Å². The van der Waals surface area contributed by atoms with Crippen molar-refractivity contribution in [2.75, 3.05) is 0 Å². The predicted octanol–water partition coefficient (Wildman–Crippen LogP) is 2.85. The summed E-state index contributed by atoms with van der Waals surface area (Å²) in [6.45, 7) is 4.05. The highest BCUT2D eigenvalue weighted by Crippen LogP contribution is 2.22. The second-order valence-electron chi connectivity index (χ2n) is 3.70. The van der Waals surface area contributed by atoms with E-state index >= 15 is 0 Å². The third kappa shape index (κ3) is 1.90. The Labute approximate surface area is 84.4 Å². The molecule has 0 spiro atoms. The van der Waals surface area contributed by atoms with Gasteiger partial charge < -0.3 is 0 Å². The monoisotopic (exact) mass is 186 g/mol. The third-order valence-corrected chi connectivity index (χ3v) is 2.47. The zero-order valence-electron chi connectivity index (χ0n) is 8.57. The molecule has 72 valence electrons. The second-order valence-corrected chi connectivity index (χ2v) is 3.70. The normalized spacial score (nSPS) is 20.7. The molecule has 0 aliphatic carbocycles. The SMILES string of the molecule is CC1=CCC(c2ccnc(C)c2)C=N1. The van der Waals surface area contributed by atoms with Crippen LogP contribution < -0.4 is 0 Å². The summed E-state index contributed by atoms with van der Waals surface area (Å²) in [5.74, 6) is 0.431. The number of rotatable bonds is 1. The summed E-state index contributed by atoms with van der Waals surface area (Å²) < 4.78 is 0. The van der Waals surface area contributed by atoms with E-state index in [0.29, 0.717) is 5.92 Å². The highest BCUT2D eigenvalue weighted by molar-refractivity contribution is 5.70. The van der Waals surface area contributed by atoms with Crippen LogP contribution in [0.25, 0.3) is 0 Å². The molecule has 0 bridgehead atoms. The minimum absolute atomic E-state index is 0.431. The van der Waals surface area contributed by atoms with E-state index < -0.39 is 0 Å². The molecule has 2 nitrogen and oxygen atoms in total. The van der Waals surface area contributed by atoms with E-state index in [4.69, 9.17) is 0 Å². The van der Waals surface area contributed by atoms with Crippen molar-refractivity contribution >= 4 is 6.21 Å². The van der Waals surface area contributed by atoms with Crippen molar-refractivity contribution in [3.63, 3.8) is 0 Å². The largest absolute Gasteiger partial charge is 0.266 e. The van der Waals surface area contributed by atoms with Gasteiger partial charge in [-0.15, -0.1) is 0 Å². The first-order chi connectivity index (χ1) is 6.75. The Hall–Kier alpha value is -1.44. The van der Waals surface area contributed by atoms with Crippen molar-refractivity contribution in [3.8, 4) is 0 Å². The number of pyridine rings is 1. The fourth-order valence-electron chi connectivity index (χ4n) is 1.64. The van der Waals surface area contributed by atoms with E-state index in [2.05, 4.69) is 28.2 Å². The van der Waals surface area contributed by atoms with Crippen LogP contribution in [0.1, 0.15) is 30.5 Å². The number of aliphatic imine (C=N–C) groups is 1. The van der Waals surface area contributed by atoms with Crippen LogP contribution >= 0.6 is 0 Å². The molecule has 0 amide bonds. The van der Waals surface area contributed by atoms with Gasteiger partial charge in [0.15, 0.2) is 0 Å². The van der Waals surface area contributed by atoms with Gasteiger partial charge in [0.1, 0.15) is 0 Å². The summed E-state index contributed by atoms with van der Waals surface area (Å²) in [5.41, 5.74) is 3.50. The average Bonchev–Trinajstić information content (AvgIpc) is 2.19. The average molecular weight is 186 g/mol. The molecule has 0 aromatic carbocycles. The first kappa shape index (κ1) is 9.13. The quantitative estimate of drug-likeness (QED) is 0.662. The van der Waals surface area contributed by atoms with Crippen molar-refractivity contribution < 1.29 is 0 Å². The predicted molar refractivity (Wildman–Crippen MR) is 58.6 cm³/mol. The Morgan fingerprint density at radius 1 is 1.36 bits per heavy atom. The molecule has 14 heavy (non-hydrogen) atoms. The van der Waals surface area contributed by atoms with Crippen LogP contribution in [0.4, 0.5) is 0 Å². The number of aromatic nitrogens is 1. The van der Waals surface area contributed by atoms with Crippen molar-refractivity contribution in [2.24, 2.45) is 4.99 Å². The lowest BCUT2D eigenvalue weighted by molar-refractivity contribution is 0.885. The molecular weight excluding hydrogens is 172 g/mol. The standard InChI is InChI=1S/C12H14N2/c1-9-3-4-12(8-14-9)11-5-6-13-10(2)7-11/h3,5-8,12H,4H2,1-2H3. The summed E-state index contributed by atoms with van der Waals surface area (Å²) in [6, 6.07) is 4.20. The van der Waals surface area contributed by atoms with Crippen LogP contribution in [0.2, 0.25) is 0 Å². The van der Waals surface area contributed by atoms with Gasteiger partial charge in [-0.05, 0) is 38.0 Å². The van der Waals surface area contributed by atoms with Gasteiger partial charge in [0, 0.05) is 29.7 Å². The first-order valence-corrected chi connectivity index (χ1v) is 4.89. The Morgan fingerprint density at radius 2 is 2.21 bits per heavy atom. The van der Waals surface area contributed by atoms with Gasteiger partial charge in [-0.1, -0.05) is 6.08 Å². The Balaban J connectivity index is 2.22. The van der Waals surface area contributed by atoms with Crippen molar-refractivity contribution in [2.45, 2.75) is 26.2 Å². The van der Waals surface area contributed by atoms with E-state index in [9.17, 15) is 0 Å². The molecular formula is C12H14N2. The van der Waals surface area contributed by atoms with Gasteiger partial charge in [-0.2, -0.15) is 0 Å². The van der Waals surface area contributed by atoms with E-state index in [-0.39, 0.29) is 0 Å². The smallest absolute Gasteiger partial charge is 0.0375 e. The topological polar surface area (TPSA) is 25.2 Å². The molecule has 1 aliphatic heterocycles. The van der Waals surface area contributed by atoms with Crippen LogP contribution in [0, 0.1) is 6.92 Å². The van der Waals surface area contributed by atoms with Crippen molar-refractivity contribution in [1.29, 1.82) is 0 Å². The fourth-order valence-corrected chi connectivity index (χ4v) is 1.64. The van der Waals surface area contributed by atoms with Crippen molar-refractivity contribution in [3.05, 3.63) is 41.4 Å². The van der Waals surface area contributed by atoms with Gasteiger partial charge in [0.2, 0.25) is 0 Å². The van der Waals surface area contributed by atoms with Crippen LogP contribution in [-0.2, 0) is 0 Å². The number of nitrogens with zero attached hydrogens (tertiary/aromatic N) is 2. The molecule has 2 heteroatoms. The third-order valence-electron chi connectivity index (χ3n) is 2.47. The Kier molecular flexibility index (Phi) is 2.44. The number of aryl methyl sites for hydroxylation is 1. The summed E-state index contributed by atoms with van der Waals surface area (Å²) in [4.78, 5) is 8.52. The van der Waals surface area contributed by atoms with Crippen molar-refractivity contribution in [1.82, 2.24) is 4.98 Å². The second kappa shape index (κ2) is 3.74. The van der Waals surface area contributed by atoms with E-state index in [1.165, 1.54) is 5.56 Å². The Bertz CT molecular complexity index is 391. The molecule has 0 N–H and O–H groups in total. The Morgan fingerprint density at radius 3 is 2.86 bits per heavy atom. The lowest BCUT2D eigenvalue weighted by Gasteiger charge is -2.14. The van der Waals surface area contributed by atoms with E-state index in [0.717, 1.165) is 17.8 Å². The van der Waals surface area contributed by atoms with Gasteiger partial charge in [0.25, 0.3) is 0 Å². The molecule has 1 aromatic heterocycles. The number of hydrogen-bond acceptors (Lipinski definition) is 2. The van der Waals surface area contributed by atoms with Gasteiger partial charge in [0.05, 0.1) is 0 Å². The zero-order valence-corrected chi connectivity index (χ0v) is 8.57. The molecule has 1 aliphatic rings. The van der Waals surface area contributed by atoms with Crippen LogP contribution in [-0.4, -0.2) is 11.2 Å². The minimum Gasteiger partial charge on any atom is -0.266 e. The lowest BCUT2D eigenvalue weighted by atomic mass is 9.95. The highest BCUT2D eigenvalue weighted by Gasteiger charge is 2.10. The molecule has 1 atom stereocenters. The maximum atomic E-state index is 4.33. The summed E-state index contributed by atoms with van der Waals surface area (Å²) in [7, 11) is 0.